The van der Waals surface area contributed by atoms with Crippen molar-refractivity contribution in [2.75, 3.05) is 0 Å². The Labute approximate surface area is 137 Å². The highest BCUT2D eigenvalue weighted by Crippen LogP contribution is 2.35. The molecule has 0 spiro atoms. The van der Waals surface area contributed by atoms with Crippen LogP contribution in [-0.4, -0.2) is 25.8 Å². The van der Waals surface area contributed by atoms with Gasteiger partial charge in [-0.25, -0.2) is 14.5 Å². The quantitative estimate of drug-likeness (QED) is 0.779. The van der Waals surface area contributed by atoms with E-state index in [1.807, 2.05) is 29.1 Å². The van der Waals surface area contributed by atoms with Gasteiger partial charge in [-0.15, -0.1) is 11.3 Å². The molecule has 3 heterocycles. The number of nitrogens with zero attached hydrogens (tertiary/aromatic N) is 3. The van der Waals surface area contributed by atoms with Crippen LogP contribution in [-0.2, 0) is 0 Å². The van der Waals surface area contributed by atoms with E-state index in [0.717, 1.165) is 23.4 Å². The maximum Gasteiger partial charge on any atom is 0.336 e. The van der Waals surface area contributed by atoms with Crippen molar-refractivity contribution in [1.29, 1.82) is 0 Å². The third-order valence-corrected chi connectivity index (χ3v) is 5.40. The van der Waals surface area contributed by atoms with Crippen LogP contribution >= 0.6 is 11.3 Å². The lowest BCUT2D eigenvalue weighted by atomic mass is 10.1. The lowest BCUT2D eigenvalue weighted by molar-refractivity contribution is 0.0699. The van der Waals surface area contributed by atoms with Gasteiger partial charge in [-0.1, -0.05) is 18.9 Å². The standard InChI is InChI=1S/C17H17N3O2S/c1-10-15-12(17(21)22)9-13(14-7-4-8-23-14)18-16(15)20(19-10)11-5-2-3-6-11/h4,7-9,11H,2-3,5-6H2,1H3,(H,21,22). The second-order valence-corrected chi connectivity index (χ2v) is 6.95. The summed E-state index contributed by atoms with van der Waals surface area (Å²) in [7, 11) is 0. The van der Waals surface area contributed by atoms with Crippen LogP contribution in [0.2, 0.25) is 0 Å². The second-order valence-electron chi connectivity index (χ2n) is 6.00. The van der Waals surface area contributed by atoms with Gasteiger partial charge < -0.3 is 5.11 Å². The topological polar surface area (TPSA) is 68.0 Å². The zero-order valence-electron chi connectivity index (χ0n) is 12.8. The van der Waals surface area contributed by atoms with Crippen molar-refractivity contribution in [2.45, 2.75) is 38.6 Å². The number of thiophene rings is 1. The summed E-state index contributed by atoms with van der Waals surface area (Å²) in [6.07, 6.45) is 4.57. The molecule has 0 saturated heterocycles. The predicted molar refractivity (Wildman–Crippen MR) is 90.0 cm³/mol. The minimum Gasteiger partial charge on any atom is -0.478 e. The second kappa shape index (κ2) is 5.45. The van der Waals surface area contributed by atoms with E-state index >= 15 is 0 Å². The largest absolute Gasteiger partial charge is 0.478 e. The molecule has 0 aliphatic heterocycles. The molecule has 0 bridgehead atoms. The molecule has 5 nitrogen and oxygen atoms in total. The summed E-state index contributed by atoms with van der Waals surface area (Å²) < 4.78 is 1.96. The van der Waals surface area contributed by atoms with Gasteiger partial charge in [0.1, 0.15) is 0 Å². The molecule has 0 atom stereocenters. The Balaban J connectivity index is 2.00. The molecule has 3 aromatic heterocycles. The summed E-state index contributed by atoms with van der Waals surface area (Å²) in [6, 6.07) is 5.92. The van der Waals surface area contributed by atoms with Crippen LogP contribution in [0.5, 0.6) is 0 Å². The zero-order valence-corrected chi connectivity index (χ0v) is 13.6. The maximum absolute atomic E-state index is 11.8. The van der Waals surface area contributed by atoms with Crippen molar-refractivity contribution >= 4 is 28.3 Å². The van der Waals surface area contributed by atoms with Crippen molar-refractivity contribution in [1.82, 2.24) is 14.8 Å². The third-order valence-electron chi connectivity index (χ3n) is 4.51. The van der Waals surface area contributed by atoms with Crippen molar-refractivity contribution < 1.29 is 9.90 Å². The highest BCUT2D eigenvalue weighted by atomic mass is 32.1. The fourth-order valence-electron chi connectivity index (χ4n) is 3.44. The highest BCUT2D eigenvalue weighted by Gasteiger charge is 2.25. The Morgan fingerprint density at radius 3 is 2.83 bits per heavy atom. The van der Waals surface area contributed by atoms with E-state index in [1.54, 1.807) is 17.4 Å². The summed E-state index contributed by atoms with van der Waals surface area (Å²) in [5, 5.41) is 16.9. The lowest BCUT2D eigenvalue weighted by Gasteiger charge is -2.11. The SMILES string of the molecule is Cc1nn(C2CCCC2)c2nc(-c3cccs3)cc(C(=O)O)c12. The van der Waals surface area contributed by atoms with Gasteiger partial charge in [-0.2, -0.15) is 5.10 Å². The first kappa shape index (κ1) is 14.4. The normalized spacial score (nSPS) is 15.5. The summed E-state index contributed by atoms with van der Waals surface area (Å²) in [4.78, 5) is 17.5. The van der Waals surface area contributed by atoms with Crippen molar-refractivity contribution in [3.8, 4) is 10.6 Å². The van der Waals surface area contributed by atoms with Crippen molar-refractivity contribution in [2.24, 2.45) is 0 Å². The van der Waals surface area contributed by atoms with Gasteiger partial charge in [0.2, 0.25) is 0 Å². The summed E-state index contributed by atoms with van der Waals surface area (Å²) >= 11 is 1.56. The number of carboxylic acids is 1. The van der Waals surface area contributed by atoms with Crippen LogP contribution in [0.1, 0.15) is 47.8 Å². The lowest BCUT2D eigenvalue weighted by Crippen LogP contribution is -2.08. The molecule has 1 fully saturated rings. The Morgan fingerprint density at radius 2 is 2.17 bits per heavy atom. The number of carboxylic acid groups (broad SMARTS) is 1. The van der Waals surface area contributed by atoms with E-state index in [1.165, 1.54) is 12.8 Å². The number of aryl methyl sites for hydroxylation is 1. The van der Waals surface area contributed by atoms with E-state index in [2.05, 4.69) is 5.10 Å². The Kier molecular flexibility index (Phi) is 3.41. The molecule has 0 amide bonds. The molecular weight excluding hydrogens is 310 g/mol. The van der Waals surface area contributed by atoms with Crippen LogP contribution < -0.4 is 0 Å². The van der Waals surface area contributed by atoms with Gasteiger partial charge >= 0.3 is 5.97 Å². The van der Waals surface area contributed by atoms with Gasteiger partial charge in [0.05, 0.1) is 33.3 Å². The number of fused-ring (bicyclic) bond motifs is 1. The van der Waals surface area contributed by atoms with Crippen molar-refractivity contribution in [3.05, 3.63) is 34.8 Å². The smallest absolute Gasteiger partial charge is 0.336 e. The van der Waals surface area contributed by atoms with Gasteiger partial charge in [-0.3, -0.25) is 0 Å². The van der Waals surface area contributed by atoms with Gasteiger partial charge in [0, 0.05) is 0 Å². The zero-order chi connectivity index (χ0) is 16.0. The number of hydrogen-bond acceptors (Lipinski definition) is 4. The molecule has 1 aliphatic carbocycles. The minimum absolute atomic E-state index is 0.292. The first-order valence-corrected chi connectivity index (χ1v) is 8.70. The average molecular weight is 327 g/mol. The van der Waals surface area contributed by atoms with Gasteiger partial charge in [-0.05, 0) is 37.3 Å². The first-order valence-electron chi connectivity index (χ1n) is 7.82. The van der Waals surface area contributed by atoms with Crippen molar-refractivity contribution in [3.63, 3.8) is 0 Å². The van der Waals surface area contributed by atoms with Crippen LogP contribution in [0, 0.1) is 6.92 Å². The van der Waals surface area contributed by atoms with E-state index in [-0.39, 0.29) is 0 Å². The van der Waals surface area contributed by atoms with E-state index in [9.17, 15) is 9.90 Å². The number of aromatic carboxylic acids is 1. The number of rotatable bonds is 3. The average Bonchev–Trinajstić information content (AvgIpc) is 3.27. The molecule has 4 rings (SSSR count). The highest BCUT2D eigenvalue weighted by molar-refractivity contribution is 7.13. The first-order chi connectivity index (χ1) is 11.1. The van der Waals surface area contributed by atoms with Crippen LogP contribution in [0.3, 0.4) is 0 Å². The molecule has 0 unspecified atom stereocenters. The molecule has 23 heavy (non-hydrogen) atoms. The molecule has 1 aliphatic rings. The number of carbonyl (C=O) groups is 1. The molecule has 6 heteroatoms. The molecule has 3 aromatic rings. The number of hydrogen-bond donors (Lipinski definition) is 1. The number of pyridine rings is 1. The third kappa shape index (κ3) is 2.34. The van der Waals surface area contributed by atoms with Crippen LogP contribution in [0.25, 0.3) is 21.6 Å². The van der Waals surface area contributed by atoms with Crippen LogP contribution in [0.15, 0.2) is 23.6 Å². The van der Waals surface area contributed by atoms with Gasteiger partial charge in [0.15, 0.2) is 5.65 Å². The van der Waals surface area contributed by atoms with E-state index in [4.69, 9.17) is 4.98 Å². The van der Waals surface area contributed by atoms with E-state index in [0.29, 0.717) is 28.3 Å². The molecule has 0 aromatic carbocycles. The Hall–Kier alpha value is -2.21. The fourth-order valence-corrected chi connectivity index (χ4v) is 4.12. The maximum atomic E-state index is 11.8. The van der Waals surface area contributed by atoms with E-state index < -0.39 is 5.97 Å². The predicted octanol–water partition coefficient (Wildman–Crippen LogP) is 4.28. The monoisotopic (exact) mass is 327 g/mol. The molecule has 1 saturated carbocycles. The summed E-state index contributed by atoms with van der Waals surface area (Å²) in [5.74, 6) is -0.927. The Bertz CT molecular complexity index is 877. The molecule has 118 valence electrons. The van der Waals surface area contributed by atoms with Gasteiger partial charge in [0.25, 0.3) is 0 Å². The minimum atomic E-state index is -0.927. The fraction of sp³-hybridized carbons (Fsp3) is 0.353. The molecular formula is C17H17N3O2S. The summed E-state index contributed by atoms with van der Waals surface area (Å²) in [6.45, 7) is 1.87. The molecule has 0 radical (unpaired) electrons. The Morgan fingerprint density at radius 1 is 1.39 bits per heavy atom. The van der Waals surface area contributed by atoms with Crippen LogP contribution in [0.4, 0.5) is 0 Å². The summed E-state index contributed by atoms with van der Waals surface area (Å²) in [5.41, 5.74) is 2.46. The molecule has 1 N–H and O–H groups in total. The number of aromatic nitrogens is 3.